The van der Waals surface area contributed by atoms with Gasteiger partial charge in [-0.2, -0.15) is 0 Å². The van der Waals surface area contributed by atoms with E-state index in [-0.39, 0.29) is 24.6 Å². The van der Waals surface area contributed by atoms with Crippen molar-refractivity contribution in [3.8, 4) is 5.75 Å². The molecule has 10 heteroatoms. The molecule has 1 aromatic carbocycles. The van der Waals surface area contributed by atoms with E-state index in [0.717, 1.165) is 5.56 Å². The zero-order chi connectivity index (χ0) is 22.8. The number of carboxylic acid groups (broad SMARTS) is 1. The Labute approximate surface area is 175 Å². The number of rotatable bonds is 11. The maximum atomic E-state index is 12.2. The quantitative estimate of drug-likeness (QED) is 0.279. The van der Waals surface area contributed by atoms with Crippen LogP contribution in [-0.4, -0.2) is 58.6 Å². The molecule has 0 spiro atoms. The molecule has 1 aromatic rings. The van der Waals surface area contributed by atoms with E-state index in [2.05, 4.69) is 16.0 Å². The molecule has 0 saturated carbocycles. The van der Waals surface area contributed by atoms with Crippen molar-refractivity contribution in [2.24, 2.45) is 11.7 Å². The van der Waals surface area contributed by atoms with Crippen molar-refractivity contribution in [2.45, 2.75) is 51.7 Å². The lowest BCUT2D eigenvalue weighted by atomic mass is 9.99. The number of amides is 3. The lowest BCUT2D eigenvalue weighted by Gasteiger charge is -2.22. The van der Waals surface area contributed by atoms with Gasteiger partial charge in [0.05, 0.1) is 12.6 Å². The van der Waals surface area contributed by atoms with Gasteiger partial charge in [-0.15, -0.1) is 0 Å². The molecule has 0 fully saturated rings. The van der Waals surface area contributed by atoms with E-state index in [1.165, 1.54) is 19.1 Å². The van der Waals surface area contributed by atoms with E-state index >= 15 is 0 Å². The van der Waals surface area contributed by atoms with Gasteiger partial charge < -0.3 is 31.9 Å². The van der Waals surface area contributed by atoms with Crippen molar-refractivity contribution >= 4 is 23.7 Å². The number of carboxylic acids is 1. The average Bonchev–Trinajstić information content (AvgIpc) is 2.70. The van der Waals surface area contributed by atoms with Gasteiger partial charge in [0.1, 0.15) is 17.8 Å². The second-order valence-electron chi connectivity index (χ2n) is 7.19. The predicted octanol–water partition coefficient (Wildman–Crippen LogP) is -0.502. The molecule has 0 aliphatic heterocycles. The summed E-state index contributed by atoms with van der Waals surface area (Å²) in [5, 5.41) is 25.7. The molecular formula is C20H30N4O6. The topological polar surface area (TPSA) is 171 Å². The molecule has 0 saturated heterocycles. The highest BCUT2D eigenvalue weighted by atomic mass is 16.4. The van der Waals surface area contributed by atoms with E-state index in [1.807, 2.05) is 6.92 Å². The van der Waals surface area contributed by atoms with Gasteiger partial charge in [-0.05, 0) is 37.0 Å². The van der Waals surface area contributed by atoms with Crippen molar-refractivity contribution in [3.63, 3.8) is 0 Å². The van der Waals surface area contributed by atoms with E-state index in [1.54, 1.807) is 19.1 Å². The average molecular weight is 422 g/mol. The van der Waals surface area contributed by atoms with Gasteiger partial charge in [0.2, 0.25) is 17.7 Å². The Morgan fingerprint density at radius 3 is 2.17 bits per heavy atom. The summed E-state index contributed by atoms with van der Waals surface area (Å²) in [7, 11) is 0. The minimum absolute atomic E-state index is 0.102. The summed E-state index contributed by atoms with van der Waals surface area (Å²) in [6.07, 6.45) is 0.785. The summed E-state index contributed by atoms with van der Waals surface area (Å²) in [4.78, 5) is 47.5. The third kappa shape index (κ3) is 8.08. The van der Waals surface area contributed by atoms with Gasteiger partial charge in [-0.3, -0.25) is 14.4 Å². The minimum atomic E-state index is -1.15. The summed E-state index contributed by atoms with van der Waals surface area (Å²) >= 11 is 0. The van der Waals surface area contributed by atoms with E-state index in [9.17, 15) is 29.4 Å². The van der Waals surface area contributed by atoms with Gasteiger partial charge in [0.15, 0.2) is 0 Å². The molecule has 3 amide bonds. The Hall–Kier alpha value is -3.14. The highest BCUT2D eigenvalue weighted by Gasteiger charge is 2.27. The second-order valence-corrected chi connectivity index (χ2v) is 7.19. The first kappa shape index (κ1) is 24.9. The molecule has 10 nitrogen and oxygen atoms in total. The molecule has 30 heavy (non-hydrogen) atoms. The first-order valence-corrected chi connectivity index (χ1v) is 9.68. The number of phenols is 1. The molecule has 166 valence electrons. The van der Waals surface area contributed by atoms with Crippen LogP contribution in [0.3, 0.4) is 0 Å². The monoisotopic (exact) mass is 422 g/mol. The number of aliphatic carboxylic acids is 1. The third-order valence-corrected chi connectivity index (χ3v) is 4.70. The fraction of sp³-hybridized carbons (Fsp3) is 0.500. The van der Waals surface area contributed by atoms with Crippen LogP contribution in [0, 0.1) is 5.92 Å². The summed E-state index contributed by atoms with van der Waals surface area (Å²) in [6.45, 7) is 4.56. The molecule has 7 N–H and O–H groups in total. The molecule has 0 bridgehead atoms. The molecule has 0 heterocycles. The number of nitrogens with one attached hydrogen (secondary N) is 3. The van der Waals surface area contributed by atoms with Gasteiger partial charge in [0, 0.05) is 0 Å². The van der Waals surface area contributed by atoms with Gasteiger partial charge in [-0.1, -0.05) is 32.4 Å². The van der Waals surface area contributed by atoms with Crippen LogP contribution in [0.1, 0.15) is 32.8 Å². The van der Waals surface area contributed by atoms with Crippen LogP contribution in [0.4, 0.5) is 0 Å². The van der Waals surface area contributed by atoms with Crippen LogP contribution >= 0.6 is 0 Å². The zero-order valence-corrected chi connectivity index (χ0v) is 17.3. The third-order valence-electron chi connectivity index (χ3n) is 4.70. The SMILES string of the molecule is CCC(C)C(NC(=O)C(C)NC(=O)CNC(=O)C(N)Cc1ccc(O)cc1)C(=O)O. The number of benzene rings is 1. The van der Waals surface area contributed by atoms with Gasteiger partial charge >= 0.3 is 5.97 Å². The molecule has 4 unspecified atom stereocenters. The summed E-state index contributed by atoms with van der Waals surface area (Å²) in [5.41, 5.74) is 6.57. The Kier molecular flexibility index (Phi) is 9.76. The number of nitrogens with two attached hydrogens (primary N) is 1. The minimum Gasteiger partial charge on any atom is -0.508 e. The number of aromatic hydroxyl groups is 1. The van der Waals surface area contributed by atoms with Crippen molar-refractivity contribution in [1.82, 2.24) is 16.0 Å². The van der Waals surface area contributed by atoms with Crippen LogP contribution in [0.25, 0.3) is 0 Å². The summed E-state index contributed by atoms with van der Waals surface area (Å²) in [5.74, 6) is -3.11. The maximum absolute atomic E-state index is 12.2. The van der Waals surface area contributed by atoms with Crippen LogP contribution in [0.15, 0.2) is 24.3 Å². The van der Waals surface area contributed by atoms with Crippen LogP contribution in [0.5, 0.6) is 5.75 Å². The fourth-order valence-electron chi connectivity index (χ4n) is 2.60. The highest BCUT2D eigenvalue weighted by molar-refractivity contribution is 5.92. The predicted molar refractivity (Wildman–Crippen MR) is 109 cm³/mol. The lowest BCUT2D eigenvalue weighted by molar-refractivity contribution is -0.143. The summed E-state index contributed by atoms with van der Waals surface area (Å²) < 4.78 is 0. The maximum Gasteiger partial charge on any atom is 0.326 e. The van der Waals surface area contributed by atoms with Crippen molar-refractivity contribution in [3.05, 3.63) is 29.8 Å². The van der Waals surface area contributed by atoms with Crippen LogP contribution < -0.4 is 21.7 Å². The molecule has 4 atom stereocenters. The van der Waals surface area contributed by atoms with Crippen LogP contribution in [-0.2, 0) is 25.6 Å². The summed E-state index contributed by atoms with van der Waals surface area (Å²) in [6, 6.07) is 3.31. The van der Waals surface area contributed by atoms with E-state index in [0.29, 0.717) is 6.42 Å². The number of carbonyl (C=O) groups is 4. The first-order valence-electron chi connectivity index (χ1n) is 9.68. The molecular weight excluding hydrogens is 392 g/mol. The van der Waals surface area contributed by atoms with E-state index < -0.39 is 41.8 Å². The smallest absolute Gasteiger partial charge is 0.326 e. The Morgan fingerprint density at radius 2 is 1.63 bits per heavy atom. The molecule has 0 aliphatic carbocycles. The normalized spacial score (nSPS) is 14.7. The van der Waals surface area contributed by atoms with Gasteiger partial charge in [0.25, 0.3) is 0 Å². The molecule has 0 radical (unpaired) electrons. The lowest BCUT2D eigenvalue weighted by Crippen LogP contribution is -2.54. The standard InChI is InChI=1S/C20H30N4O6/c1-4-11(2)17(20(29)30)24-18(27)12(3)23-16(26)10-22-19(28)15(21)9-13-5-7-14(25)8-6-13/h5-8,11-12,15,17,25H,4,9-10,21H2,1-3H3,(H,22,28)(H,23,26)(H,24,27)(H,29,30). The van der Waals surface area contributed by atoms with Gasteiger partial charge in [-0.25, -0.2) is 4.79 Å². The number of phenolic OH excluding ortho intramolecular Hbond substituents is 1. The number of carbonyl (C=O) groups excluding carboxylic acids is 3. The number of hydrogen-bond donors (Lipinski definition) is 6. The largest absolute Gasteiger partial charge is 0.508 e. The fourth-order valence-corrected chi connectivity index (χ4v) is 2.60. The Morgan fingerprint density at radius 1 is 1.03 bits per heavy atom. The van der Waals surface area contributed by atoms with Crippen molar-refractivity contribution in [1.29, 1.82) is 0 Å². The number of hydrogen-bond acceptors (Lipinski definition) is 6. The van der Waals surface area contributed by atoms with Crippen LogP contribution in [0.2, 0.25) is 0 Å². The molecule has 1 rings (SSSR count). The highest BCUT2D eigenvalue weighted by Crippen LogP contribution is 2.11. The second kappa shape index (κ2) is 11.8. The first-order chi connectivity index (χ1) is 14.0. The Balaban J connectivity index is 2.46. The molecule has 0 aliphatic rings. The zero-order valence-electron chi connectivity index (χ0n) is 17.3. The Bertz CT molecular complexity index is 752. The molecule has 0 aromatic heterocycles. The van der Waals surface area contributed by atoms with E-state index in [4.69, 9.17) is 5.73 Å². The van der Waals surface area contributed by atoms with Crippen molar-refractivity contribution in [2.75, 3.05) is 6.54 Å². The van der Waals surface area contributed by atoms with Crippen molar-refractivity contribution < 1.29 is 29.4 Å².